The molecule has 3 nitrogen and oxygen atoms in total. The van der Waals surface area contributed by atoms with E-state index in [1.54, 1.807) is 14.2 Å². The molecule has 0 amide bonds. The van der Waals surface area contributed by atoms with E-state index < -0.39 is 0 Å². The summed E-state index contributed by atoms with van der Waals surface area (Å²) in [6, 6.07) is 34.1. The van der Waals surface area contributed by atoms with Crippen molar-refractivity contribution in [3.63, 3.8) is 0 Å². The molecule has 0 radical (unpaired) electrons. The predicted molar refractivity (Wildman–Crippen MR) is 151 cm³/mol. The molecule has 0 saturated carbocycles. The lowest BCUT2D eigenvalue weighted by Gasteiger charge is -2.44. The normalized spacial score (nSPS) is 21.7. The largest absolute Gasteiger partial charge is 0.497 e. The molecule has 4 unspecified atom stereocenters. The van der Waals surface area contributed by atoms with Crippen LogP contribution in [0.25, 0.3) is 0 Å². The fourth-order valence-electron chi connectivity index (χ4n) is 5.30. The first-order valence-electron chi connectivity index (χ1n) is 12.0. The number of hydrogen-bond donors (Lipinski definition) is 0. The smallest absolute Gasteiger partial charge is 0.118 e. The highest BCUT2D eigenvalue weighted by Gasteiger charge is 2.43. The summed E-state index contributed by atoms with van der Waals surface area (Å²) in [5.74, 6) is 2.18. The van der Waals surface area contributed by atoms with Crippen LogP contribution in [0, 0.1) is 0 Å². The highest BCUT2D eigenvalue weighted by molar-refractivity contribution is 9.10. The molecule has 1 aliphatic heterocycles. The average Bonchev–Trinajstić information content (AvgIpc) is 2.93. The number of hydrogen-bond acceptors (Lipinski definition) is 3. The predicted octanol–water partition coefficient (Wildman–Crippen LogP) is 8.65. The van der Waals surface area contributed by atoms with Gasteiger partial charge < -0.3 is 14.2 Å². The fraction of sp³-hybridized carbons (Fsp3) is 0.226. The summed E-state index contributed by atoms with van der Waals surface area (Å²) in [7, 11) is 3.40. The number of benzene rings is 4. The van der Waals surface area contributed by atoms with E-state index in [2.05, 4.69) is 117 Å². The molecule has 0 N–H and O–H groups in total. The second-order valence-electron chi connectivity index (χ2n) is 9.06. The van der Waals surface area contributed by atoms with Crippen molar-refractivity contribution < 1.29 is 14.2 Å². The van der Waals surface area contributed by atoms with Crippen molar-refractivity contribution in [2.24, 2.45) is 0 Å². The van der Waals surface area contributed by atoms with Crippen molar-refractivity contribution in [1.82, 2.24) is 0 Å². The zero-order valence-corrected chi connectivity index (χ0v) is 23.4. The molecule has 0 bridgehead atoms. The van der Waals surface area contributed by atoms with Crippen molar-refractivity contribution in [2.45, 2.75) is 23.9 Å². The summed E-state index contributed by atoms with van der Waals surface area (Å²) >= 11 is 7.21. The van der Waals surface area contributed by atoms with Gasteiger partial charge in [0, 0.05) is 26.7 Å². The average molecular weight is 608 g/mol. The number of rotatable bonds is 6. The van der Waals surface area contributed by atoms with Gasteiger partial charge in [-0.1, -0.05) is 80.4 Å². The van der Waals surface area contributed by atoms with Crippen LogP contribution in [-0.2, 0) is 4.74 Å². The first kappa shape index (κ1) is 25.1. The molecule has 4 atom stereocenters. The molecule has 4 aromatic rings. The van der Waals surface area contributed by atoms with E-state index in [-0.39, 0.29) is 23.9 Å². The molecule has 4 aromatic carbocycles. The minimum absolute atomic E-state index is 0.0993. The molecule has 0 aliphatic carbocycles. The van der Waals surface area contributed by atoms with Gasteiger partial charge >= 0.3 is 0 Å². The molecule has 1 saturated heterocycles. The van der Waals surface area contributed by atoms with Gasteiger partial charge in [0.15, 0.2) is 0 Å². The first-order chi connectivity index (χ1) is 17.6. The van der Waals surface area contributed by atoms with E-state index >= 15 is 0 Å². The highest BCUT2D eigenvalue weighted by atomic mass is 79.9. The van der Waals surface area contributed by atoms with Crippen LogP contribution in [0.4, 0.5) is 0 Å². The van der Waals surface area contributed by atoms with Crippen molar-refractivity contribution in [1.29, 1.82) is 0 Å². The first-order valence-corrected chi connectivity index (χ1v) is 13.6. The fourth-order valence-corrected chi connectivity index (χ4v) is 5.83. The Hall–Kier alpha value is -2.60. The van der Waals surface area contributed by atoms with Crippen molar-refractivity contribution in [3.8, 4) is 11.5 Å². The van der Waals surface area contributed by atoms with Crippen LogP contribution in [0.1, 0.15) is 46.1 Å². The summed E-state index contributed by atoms with van der Waals surface area (Å²) in [5, 5.41) is 0. The summed E-state index contributed by atoms with van der Waals surface area (Å²) in [6.07, 6.45) is -0.101. The minimum atomic E-state index is -0.101. The molecular weight excluding hydrogens is 580 g/mol. The van der Waals surface area contributed by atoms with Crippen LogP contribution in [0.5, 0.6) is 11.5 Å². The Labute approximate surface area is 229 Å². The summed E-state index contributed by atoms with van der Waals surface area (Å²) < 4.78 is 19.8. The van der Waals surface area contributed by atoms with Crippen molar-refractivity contribution in [2.75, 3.05) is 20.8 Å². The Kier molecular flexibility index (Phi) is 7.80. The Morgan fingerprint density at radius 1 is 0.556 bits per heavy atom. The number of halogens is 2. The summed E-state index contributed by atoms with van der Waals surface area (Å²) in [4.78, 5) is 0. The number of ether oxygens (including phenoxy) is 3. The number of methoxy groups -OCH3 is 2. The third kappa shape index (κ3) is 5.24. The molecule has 5 rings (SSSR count). The molecule has 1 heterocycles. The molecule has 1 fully saturated rings. The van der Waals surface area contributed by atoms with Gasteiger partial charge in [0.2, 0.25) is 0 Å². The lowest BCUT2D eigenvalue weighted by atomic mass is 9.67. The monoisotopic (exact) mass is 606 g/mol. The lowest BCUT2D eigenvalue weighted by molar-refractivity contribution is -0.0263. The Morgan fingerprint density at radius 2 is 0.972 bits per heavy atom. The Morgan fingerprint density at radius 3 is 1.47 bits per heavy atom. The van der Waals surface area contributed by atoms with Crippen LogP contribution < -0.4 is 9.47 Å². The Bertz CT molecular complexity index is 1270. The van der Waals surface area contributed by atoms with Gasteiger partial charge in [0.1, 0.15) is 11.5 Å². The maximum atomic E-state index is 6.74. The second kappa shape index (κ2) is 11.2. The van der Waals surface area contributed by atoms with Gasteiger partial charge in [-0.2, -0.15) is 0 Å². The van der Waals surface area contributed by atoms with Crippen LogP contribution in [0.3, 0.4) is 0 Å². The van der Waals surface area contributed by atoms with E-state index in [0.717, 1.165) is 26.0 Å². The Balaban J connectivity index is 1.66. The van der Waals surface area contributed by atoms with Crippen LogP contribution in [0.2, 0.25) is 0 Å². The third-order valence-corrected chi connectivity index (χ3v) is 8.16. The topological polar surface area (TPSA) is 27.7 Å². The molecule has 0 aromatic heterocycles. The second-order valence-corrected chi connectivity index (χ2v) is 10.9. The zero-order chi connectivity index (χ0) is 25.1. The van der Waals surface area contributed by atoms with E-state index in [4.69, 9.17) is 14.2 Å². The highest BCUT2D eigenvalue weighted by Crippen LogP contribution is 2.54. The van der Waals surface area contributed by atoms with Gasteiger partial charge in [0.25, 0.3) is 0 Å². The third-order valence-electron chi connectivity index (χ3n) is 7.10. The van der Waals surface area contributed by atoms with Gasteiger partial charge in [-0.15, -0.1) is 0 Å². The van der Waals surface area contributed by atoms with E-state index in [0.29, 0.717) is 6.61 Å². The lowest BCUT2D eigenvalue weighted by Crippen LogP contribution is -2.34. The van der Waals surface area contributed by atoms with Gasteiger partial charge in [-0.05, 0) is 70.8 Å². The van der Waals surface area contributed by atoms with E-state index in [9.17, 15) is 0 Å². The van der Waals surface area contributed by atoms with Crippen LogP contribution in [0.15, 0.2) is 106 Å². The van der Waals surface area contributed by atoms with Crippen LogP contribution >= 0.6 is 31.9 Å². The van der Waals surface area contributed by atoms with Gasteiger partial charge in [-0.3, -0.25) is 0 Å². The summed E-state index contributed by atoms with van der Waals surface area (Å²) in [6.45, 7) is 0.627. The quantitative estimate of drug-likeness (QED) is 0.219. The maximum Gasteiger partial charge on any atom is 0.118 e. The molecular formula is C31H28Br2O3. The van der Waals surface area contributed by atoms with Gasteiger partial charge in [-0.25, -0.2) is 0 Å². The van der Waals surface area contributed by atoms with E-state index in [1.807, 2.05) is 12.1 Å². The minimum Gasteiger partial charge on any atom is -0.497 e. The standard InChI is InChI=1S/C31H28Br2O3/c1-34-26-15-7-21(8-16-26)29-28(20-3-11-24(32)12-4-20)19-36-31(23-9-17-27(35-2)18-10-23)30(29)22-5-13-25(33)14-6-22/h3-18,28-31H,19H2,1-2H3. The van der Waals surface area contributed by atoms with Crippen molar-refractivity contribution >= 4 is 31.9 Å². The maximum absolute atomic E-state index is 6.74. The van der Waals surface area contributed by atoms with E-state index in [1.165, 1.54) is 16.7 Å². The molecule has 0 spiro atoms. The molecule has 1 aliphatic rings. The van der Waals surface area contributed by atoms with Gasteiger partial charge in [0.05, 0.1) is 26.9 Å². The SMILES string of the molecule is COc1ccc(C2OCC(c3ccc(Br)cc3)C(c3ccc(OC)cc3)C2c2ccc(Br)cc2)cc1. The summed E-state index contributed by atoms with van der Waals surface area (Å²) in [5.41, 5.74) is 4.95. The van der Waals surface area contributed by atoms with Crippen LogP contribution in [-0.4, -0.2) is 20.8 Å². The zero-order valence-electron chi connectivity index (χ0n) is 20.2. The molecule has 5 heteroatoms. The molecule has 36 heavy (non-hydrogen) atoms. The van der Waals surface area contributed by atoms with Crippen molar-refractivity contribution in [3.05, 3.63) is 128 Å². The molecule has 184 valence electrons.